The number of allylic oxidation sites excluding steroid dienone is 3. The number of rotatable bonds is 6. The van der Waals surface area contributed by atoms with E-state index < -0.39 is 66.0 Å². The zero-order valence-electron chi connectivity index (χ0n) is 27.4. The number of aliphatic hydroxyl groups excluding tert-OH is 5. The van der Waals surface area contributed by atoms with Crippen LogP contribution in [0.4, 0.5) is 0 Å². The van der Waals surface area contributed by atoms with Gasteiger partial charge in [0.2, 0.25) is 0 Å². The van der Waals surface area contributed by atoms with Gasteiger partial charge in [0.25, 0.3) is 0 Å². The number of esters is 1. The molecule has 11 nitrogen and oxygen atoms in total. The average Bonchev–Trinajstić information content (AvgIpc) is 3.37. The number of hydrogen-bond donors (Lipinski definition) is 6. The molecule has 0 amide bonds. The van der Waals surface area contributed by atoms with Gasteiger partial charge >= 0.3 is 5.97 Å². The van der Waals surface area contributed by atoms with Crippen molar-refractivity contribution in [1.82, 2.24) is 0 Å². The molecule has 2 saturated carbocycles. The molecule has 0 aromatic heterocycles. The van der Waals surface area contributed by atoms with E-state index in [-0.39, 0.29) is 47.6 Å². The van der Waals surface area contributed by atoms with Crippen LogP contribution in [0.5, 0.6) is 0 Å². The summed E-state index contributed by atoms with van der Waals surface area (Å²) in [6.45, 7) is 8.29. The van der Waals surface area contributed by atoms with Gasteiger partial charge in [0.05, 0.1) is 30.3 Å². The van der Waals surface area contributed by atoms with E-state index in [4.69, 9.17) is 14.2 Å². The summed E-state index contributed by atoms with van der Waals surface area (Å²) in [6, 6.07) is 0. The minimum Gasteiger partial charge on any atom is -0.456 e. The Hall–Kier alpha value is -1.96. The molecule has 6 aliphatic rings. The van der Waals surface area contributed by atoms with E-state index in [1.807, 2.05) is 13.0 Å². The van der Waals surface area contributed by atoms with Gasteiger partial charge in [0, 0.05) is 18.8 Å². The molecular weight excluding hydrogens is 596 g/mol. The van der Waals surface area contributed by atoms with Crippen molar-refractivity contribution in [3.63, 3.8) is 0 Å². The lowest BCUT2D eigenvalue weighted by molar-refractivity contribution is -0.363. The number of hydrogen-bond acceptors (Lipinski definition) is 11. The third-order valence-corrected chi connectivity index (χ3v) is 12.9. The maximum absolute atomic E-state index is 14.1. The van der Waals surface area contributed by atoms with Gasteiger partial charge in [0.15, 0.2) is 5.79 Å². The van der Waals surface area contributed by atoms with E-state index in [9.17, 15) is 40.2 Å². The normalized spacial score (nSPS) is 47.2. The van der Waals surface area contributed by atoms with Crippen molar-refractivity contribution in [1.29, 1.82) is 0 Å². The summed E-state index contributed by atoms with van der Waals surface area (Å²) in [5.41, 5.74) is 0.934. The molecule has 6 N–H and O–H groups in total. The molecule has 6 rings (SSSR count). The highest BCUT2D eigenvalue weighted by molar-refractivity contribution is 5.91. The van der Waals surface area contributed by atoms with E-state index in [1.54, 1.807) is 13.8 Å². The molecule has 0 spiro atoms. The average molecular weight is 647 g/mol. The Morgan fingerprint density at radius 2 is 1.78 bits per heavy atom. The summed E-state index contributed by atoms with van der Waals surface area (Å²) in [4.78, 5) is 26.7. The van der Waals surface area contributed by atoms with E-state index in [0.29, 0.717) is 19.3 Å². The fourth-order valence-electron chi connectivity index (χ4n) is 10.1. The maximum atomic E-state index is 14.1. The van der Waals surface area contributed by atoms with Gasteiger partial charge < -0.3 is 44.8 Å². The monoisotopic (exact) mass is 646 g/mol. The molecule has 11 heteroatoms. The van der Waals surface area contributed by atoms with Gasteiger partial charge in [-0.3, -0.25) is 4.79 Å². The number of carbonyl (C=O) groups excluding carboxylic acids is 2. The van der Waals surface area contributed by atoms with Gasteiger partial charge in [-0.05, 0) is 77.0 Å². The molecular formula is C35H50O11. The number of carbonyl (C=O) groups is 2. The van der Waals surface area contributed by atoms with Crippen LogP contribution in [0.2, 0.25) is 0 Å². The van der Waals surface area contributed by atoms with Crippen molar-refractivity contribution >= 4 is 11.8 Å². The van der Waals surface area contributed by atoms with Crippen LogP contribution in [0.3, 0.4) is 0 Å². The summed E-state index contributed by atoms with van der Waals surface area (Å²) in [6.07, 6.45) is 1.10. The van der Waals surface area contributed by atoms with Crippen LogP contribution in [-0.2, 0) is 23.8 Å². The molecule has 13 atom stereocenters. The first-order chi connectivity index (χ1) is 21.5. The smallest absolute Gasteiger partial charge is 0.336 e. The Morgan fingerprint density at radius 3 is 2.43 bits per heavy atom. The van der Waals surface area contributed by atoms with Crippen LogP contribution in [0.1, 0.15) is 79.6 Å². The SMILES string of the molecule is CC1=C(CO)C(=O)O[C@@H]([C@](C)(O)C2CC=C3C4CCC5=CC(OC6(C)OC(CO)[C@@H](O)C(O)[C@H]6O)CC(=O)C5(C)C4CCC32C)C1. The molecule has 9 unspecified atom stereocenters. The quantitative estimate of drug-likeness (QED) is 0.182. The first-order valence-electron chi connectivity index (χ1n) is 16.7. The van der Waals surface area contributed by atoms with Crippen LogP contribution < -0.4 is 0 Å². The second-order valence-electron chi connectivity index (χ2n) is 15.4. The second kappa shape index (κ2) is 11.6. The molecule has 0 radical (unpaired) electrons. The fourth-order valence-corrected chi connectivity index (χ4v) is 10.1. The van der Waals surface area contributed by atoms with Gasteiger partial charge in [-0.25, -0.2) is 4.79 Å². The molecule has 3 fully saturated rings. The lowest BCUT2D eigenvalue weighted by Gasteiger charge is -2.57. The third-order valence-electron chi connectivity index (χ3n) is 12.9. The lowest BCUT2D eigenvalue weighted by atomic mass is 9.47. The van der Waals surface area contributed by atoms with Crippen molar-refractivity contribution in [2.45, 2.75) is 128 Å². The van der Waals surface area contributed by atoms with Crippen LogP contribution in [0, 0.1) is 28.6 Å². The summed E-state index contributed by atoms with van der Waals surface area (Å²) < 4.78 is 17.6. The molecule has 4 aliphatic carbocycles. The zero-order chi connectivity index (χ0) is 33.6. The Bertz CT molecular complexity index is 1360. The third kappa shape index (κ3) is 4.91. The van der Waals surface area contributed by atoms with E-state index in [0.717, 1.165) is 30.4 Å². The summed E-state index contributed by atoms with van der Waals surface area (Å²) in [5.74, 6) is -2.23. The van der Waals surface area contributed by atoms with Crippen molar-refractivity contribution < 1.29 is 54.4 Å². The number of ketones is 1. The summed E-state index contributed by atoms with van der Waals surface area (Å²) >= 11 is 0. The zero-order valence-corrected chi connectivity index (χ0v) is 27.4. The van der Waals surface area contributed by atoms with Crippen LogP contribution in [-0.4, -0.2) is 104 Å². The van der Waals surface area contributed by atoms with Crippen molar-refractivity contribution in [2.75, 3.05) is 13.2 Å². The predicted octanol–water partition coefficient (Wildman–Crippen LogP) is 1.61. The highest BCUT2D eigenvalue weighted by Crippen LogP contribution is 2.66. The van der Waals surface area contributed by atoms with Gasteiger partial charge in [-0.2, -0.15) is 0 Å². The van der Waals surface area contributed by atoms with E-state index in [2.05, 4.69) is 13.0 Å². The van der Waals surface area contributed by atoms with E-state index in [1.165, 1.54) is 12.5 Å². The number of cyclic esters (lactones) is 1. The molecule has 0 aromatic carbocycles. The fraction of sp³-hybridized carbons (Fsp3) is 0.771. The van der Waals surface area contributed by atoms with Crippen molar-refractivity contribution in [3.05, 3.63) is 34.4 Å². The molecule has 0 bridgehead atoms. The van der Waals surface area contributed by atoms with Gasteiger partial charge in [-0.15, -0.1) is 0 Å². The van der Waals surface area contributed by atoms with Crippen LogP contribution in [0.15, 0.2) is 34.4 Å². The largest absolute Gasteiger partial charge is 0.456 e. The highest BCUT2D eigenvalue weighted by Gasteiger charge is 2.62. The summed E-state index contributed by atoms with van der Waals surface area (Å²) in [7, 11) is 0. The molecule has 256 valence electrons. The van der Waals surface area contributed by atoms with Crippen LogP contribution in [0.25, 0.3) is 0 Å². The van der Waals surface area contributed by atoms with E-state index >= 15 is 0 Å². The summed E-state index contributed by atoms with van der Waals surface area (Å²) in [5, 5.41) is 62.6. The second-order valence-corrected chi connectivity index (χ2v) is 15.4. The number of Topliss-reactive ketones (excluding diaryl/α,β-unsaturated/α-hetero) is 1. The maximum Gasteiger partial charge on any atom is 0.336 e. The topological polar surface area (TPSA) is 183 Å². The minimum atomic E-state index is -1.74. The molecule has 46 heavy (non-hydrogen) atoms. The Balaban J connectivity index is 1.21. The molecule has 2 aliphatic heterocycles. The van der Waals surface area contributed by atoms with Crippen molar-refractivity contribution in [2.24, 2.45) is 28.6 Å². The van der Waals surface area contributed by atoms with Gasteiger partial charge in [-0.1, -0.05) is 35.8 Å². The van der Waals surface area contributed by atoms with Crippen LogP contribution >= 0.6 is 0 Å². The first kappa shape index (κ1) is 33.9. The molecule has 1 saturated heterocycles. The Kier molecular flexibility index (Phi) is 8.54. The van der Waals surface area contributed by atoms with Crippen molar-refractivity contribution in [3.8, 4) is 0 Å². The number of aliphatic hydroxyl groups is 6. The van der Waals surface area contributed by atoms with Gasteiger partial charge in [0.1, 0.15) is 41.9 Å². The Morgan fingerprint density at radius 1 is 1.07 bits per heavy atom. The molecule has 0 aromatic rings. The standard InChI is InChI=1S/C35H50O11/c1-17-12-27(44-31(42)21(17)15-36)34(4,43)25-9-8-22-20-7-6-18-13-19(14-26(38)33(18,3)23(20)10-11-32(22,25)2)45-35(5)30(41)29(40)28(39)24(16-37)46-35/h8,13,19-20,23-25,27-30,36-37,39-41,43H,6-7,9-12,14-16H2,1-5H3/t19?,20?,23?,24?,25?,27-,28-,29?,30-,32?,33?,34-,35?/m1/s1. The first-order valence-corrected chi connectivity index (χ1v) is 16.7. The number of ether oxygens (including phenoxy) is 3. The Labute approximate surface area is 269 Å². The minimum absolute atomic E-state index is 0.0414. The predicted molar refractivity (Wildman–Crippen MR) is 164 cm³/mol. The lowest BCUT2D eigenvalue weighted by Crippen LogP contribution is -2.65. The number of fused-ring (bicyclic) bond motifs is 5. The molecule has 2 heterocycles. The highest BCUT2D eigenvalue weighted by atomic mass is 16.7.